The Balaban J connectivity index is 2.62. The van der Waals surface area contributed by atoms with Crippen LogP contribution < -0.4 is 5.32 Å². The van der Waals surface area contributed by atoms with Crippen molar-refractivity contribution in [2.45, 2.75) is 26.4 Å². The highest BCUT2D eigenvalue weighted by atomic mass is 16.3. The molecule has 1 rings (SSSR count). The summed E-state index contributed by atoms with van der Waals surface area (Å²) in [4.78, 5) is 17.3. The summed E-state index contributed by atoms with van der Waals surface area (Å²) in [6, 6.07) is 3.21. The minimum atomic E-state index is -0.897. The van der Waals surface area contributed by atoms with Crippen molar-refractivity contribution in [3.8, 4) is 0 Å². The molecule has 2 N–H and O–H groups in total. The van der Waals surface area contributed by atoms with Crippen molar-refractivity contribution in [1.82, 2.24) is 9.88 Å². The van der Waals surface area contributed by atoms with Gasteiger partial charge in [0, 0.05) is 24.6 Å². The Kier molecular flexibility index (Phi) is 4.45. The van der Waals surface area contributed by atoms with E-state index in [0.29, 0.717) is 18.8 Å². The third-order valence-electron chi connectivity index (χ3n) is 2.18. The standard InChI is InChI=1S/C12H19N3O2/c1-4-15(9-12(2,3)17)11(16)14-10-5-7-13-8-6-10/h5-8,17H,4,9H2,1-3H3,(H,13,14,16). The van der Waals surface area contributed by atoms with Crippen molar-refractivity contribution in [1.29, 1.82) is 0 Å². The largest absolute Gasteiger partial charge is 0.389 e. The van der Waals surface area contributed by atoms with Crippen LogP contribution in [0.4, 0.5) is 10.5 Å². The van der Waals surface area contributed by atoms with Crippen molar-refractivity contribution in [3.05, 3.63) is 24.5 Å². The Hall–Kier alpha value is -1.62. The Labute approximate surface area is 101 Å². The number of carbonyl (C=O) groups is 1. The average Bonchev–Trinajstić information content (AvgIpc) is 2.26. The number of pyridine rings is 1. The first-order chi connectivity index (χ1) is 7.92. The van der Waals surface area contributed by atoms with Gasteiger partial charge in [0.25, 0.3) is 0 Å². The third-order valence-corrected chi connectivity index (χ3v) is 2.18. The number of carbonyl (C=O) groups excluding carboxylic acids is 1. The molecule has 5 heteroatoms. The molecule has 0 bridgehead atoms. The van der Waals surface area contributed by atoms with Gasteiger partial charge in [-0.05, 0) is 32.9 Å². The first-order valence-electron chi connectivity index (χ1n) is 5.60. The van der Waals surface area contributed by atoms with Crippen LogP contribution in [-0.2, 0) is 0 Å². The fourth-order valence-corrected chi connectivity index (χ4v) is 1.43. The molecule has 0 saturated heterocycles. The number of aliphatic hydroxyl groups is 1. The van der Waals surface area contributed by atoms with Gasteiger partial charge in [-0.2, -0.15) is 0 Å². The molecule has 0 spiro atoms. The number of nitrogens with zero attached hydrogens (tertiary/aromatic N) is 2. The SMILES string of the molecule is CCN(CC(C)(C)O)C(=O)Nc1ccncc1. The summed E-state index contributed by atoms with van der Waals surface area (Å²) in [7, 11) is 0. The van der Waals surface area contributed by atoms with Gasteiger partial charge in [0.1, 0.15) is 0 Å². The summed E-state index contributed by atoms with van der Waals surface area (Å²) in [5, 5.41) is 12.5. The van der Waals surface area contributed by atoms with E-state index in [1.807, 2.05) is 6.92 Å². The molecule has 0 aliphatic rings. The number of rotatable bonds is 4. The molecule has 0 aliphatic carbocycles. The van der Waals surface area contributed by atoms with Gasteiger partial charge in [0.05, 0.1) is 12.1 Å². The number of amides is 2. The molecule has 0 saturated carbocycles. The topological polar surface area (TPSA) is 65.5 Å². The number of hydrogen-bond donors (Lipinski definition) is 2. The number of hydrogen-bond acceptors (Lipinski definition) is 3. The van der Waals surface area contributed by atoms with Crippen LogP contribution in [0.5, 0.6) is 0 Å². The number of aromatic nitrogens is 1. The number of nitrogens with one attached hydrogen (secondary N) is 1. The van der Waals surface area contributed by atoms with Crippen LogP contribution in [0.15, 0.2) is 24.5 Å². The van der Waals surface area contributed by atoms with Crippen molar-refractivity contribution < 1.29 is 9.90 Å². The highest BCUT2D eigenvalue weighted by molar-refractivity contribution is 5.89. The fraction of sp³-hybridized carbons (Fsp3) is 0.500. The summed E-state index contributed by atoms with van der Waals surface area (Å²) in [5.41, 5.74) is -0.204. The molecular formula is C12H19N3O2. The molecule has 0 atom stereocenters. The van der Waals surface area contributed by atoms with Gasteiger partial charge in [-0.25, -0.2) is 4.79 Å². The molecule has 1 heterocycles. The summed E-state index contributed by atoms with van der Waals surface area (Å²) in [5.74, 6) is 0. The molecule has 2 amide bonds. The van der Waals surface area contributed by atoms with E-state index in [1.165, 1.54) is 0 Å². The van der Waals surface area contributed by atoms with Crippen molar-refractivity contribution in [2.24, 2.45) is 0 Å². The van der Waals surface area contributed by atoms with Gasteiger partial charge in [-0.3, -0.25) is 4.98 Å². The zero-order valence-electron chi connectivity index (χ0n) is 10.5. The molecular weight excluding hydrogens is 218 g/mol. The average molecular weight is 237 g/mol. The quantitative estimate of drug-likeness (QED) is 0.837. The van der Waals surface area contributed by atoms with Crippen LogP contribution >= 0.6 is 0 Å². The zero-order valence-corrected chi connectivity index (χ0v) is 10.5. The van der Waals surface area contributed by atoms with Gasteiger partial charge >= 0.3 is 6.03 Å². The van der Waals surface area contributed by atoms with Gasteiger partial charge in [0.15, 0.2) is 0 Å². The van der Waals surface area contributed by atoms with Crippen LogP contribution in [0.1, 0.15) is 20.8 Å². The number of likely N-dealkylation sites (N-methyl/N-ethyl adjacent to an activating group) is 1. The lowest BCUT2D eigenvalue weighted by atomic mass is 10.1. The number of urea groups is 1. The second kappa shape index (κ2) is 5.63. The lowest BCUT2D eigenvalue weighted by Gasteiger charge is -2.28. The van der Waals surface area contributed by atoms with E-state index >= 15 is 0 Å². The van der Waals surface area contributed by atoms with E-state index in [1.54, 1.807) is 43.3 Å². The van der Waals surface area contributed by atoms with Crippen molar-refractivity contribution in [3.63, 3.8) is 0 Å². The van der Waals surface area contributed by atoms with E-state index in [4.69, 9.17) is 0 Å². The summed E-state index contributed by atoms with van der Waals surface area (Å²) < 4.78 is 0. The zero-order chi connectivity index (χ0) is 12.9. The van der Waals surface area contributed by atoms with Crippen LogP contribution in [0.3, 0.4) is 0 Å². The van der Waals surface area contributed by atoms with Gasteiger partial charge < -0.3 is 15.3 Å². The minimum absolute atomic E-state index is 0.221. The Morgan fingerprint density at radius 3 is 2.53 bits per heavy atom. The molecule has 0 unspecified atom stereocenters. The predicted molar refractivity (Wildman–Crippen MR) is 66.8 cm³/mol. The van der Waals surface area contributed by atoms with Gasteiger partial charge in [-0.1, -0.05) is 0 Å². The van der Waals surface area contributed by atoms with Crippen molar-refractivity contribution in [2.75, 3.05) is 18.4 Å². The summed E-state index contributed by atoms with van der Waals surface area (Å²) >= 11 is 0. The fourth-order valence-electron chi connectivity index (χ4n) is 1.43. The first kappa shape index (κ1) is 13.4. The van der Waals surface area contributed by atoms with E-state index in [0.717, 1.165) is 0 Å². The maximum absolute atomic E-state index is 11.9. The monoisotopic (exact) mass is 237 g/mol. The summed E-state index contributed by atoms with van der Waals surface area (Å²) in [6.45, 7) is 6.06. The van der Waals surface area contributed by atoms with E-state index in [9.17, 15) is 9.90 Å². The highest BCUT2D eigenvalue weighted by Gasteiger charge is 2.21. The normalized spacial score (nSPS) is 11.1. The second-order valence-corrected chi connectivity index (χ2v) is 4.49. The molecule has 1 aromatic heterocycles. The molecule has 0 fully saturated rings. The lowest BCUT2D eigenvalue weighted by molar-refractivity contribution is 0.0501. The Morgan fingerprint density at radius 1 is 1.47 bits per heavy atom. The molecule has 94 valence electrons. The number of anilines is 1. The highest BCUT2D eigenvalue weighted by Crippen LogP contribution is 2.08. The molecule has 1 aromatic rings. The first-order valence-corrected chi connectivity index (χ1v) is 5.60. The molecule has 17 heavy (non-hydrogen) atoms. The second-order valence-electron chi connectivity index (χ2n) is 4.49. The van der Waals surface area contributed by atoms with E-state index in [2.05, 4.69) is 10.3 Å². The Morgan fingerprint density at radius 2 is 2.06 bits per heavy atom. The molecule has 5 nitrogen and oxygen atoms in total. The van der Waals surface area contributed by atoms with Crippen molar-refractivity contribution >= 4 is 11.7 Å². The predicted octanol–water partition coefficient (Wildman–Crippen LogP) is 1.71. The van der Waals surface area contributed by atoms with E-state index < -0.39 is 5.60 Å². The van der Waals surface area contributed by atoms with Gasteiger partial charge in [0.2, 0.25) is 0 Å². The van der Waals surface area contributed by atoms with Crippen LogP contribution in [0.25, 0.3) is 0 Å². The maximum atomic E-state index is 11.9. The smallest absolute Gasteiger partial charge is 0.321 e. The Bertz CT molecular complexity index is 360. The van der Waals surface area contributed by atoms with Crippen LogP contribution in [-0.4, -0.2) is 39.7 Å². The maximum Gasteiger partial charge on any atom is 0.321 e. The van der Waals surface area contributed by atoms with E-state index in [-0.39, 0.29) is 6.03 Å². The summed E-state index contributed by atoms with van der Waals surface area (Å²) in [6.07, 6.45) is 3.23. The molecule has 0 aliphatic heterocycles. The third kappa shape index (κ3) is 4.82. The van der Waals surface area contributed by atoms with Gasteiger partial charge in [-0.15, -0.1) is 0 Å². The van der Waals surface area contributed by atoms with Crippen LogP contribution in [0.2, 0.25) is 0 Å². The van der Waals surface area contributed by atoms with Crippen LogP contribution in [0, 0.1) is 0 Å². The minimum Gasteiger partial charge on any atom is -0.389 e. The molecule has 0 radical (unpaired) electrons. The molecule has 0 aromatic carbocycles. The lowest BCUT2D eigenvalue weighted by Crippen LogP contribution is -2.44.